The van der Waals surface area contributed by atoms with Gasteiger partial charge in [-0.2, -0.15) is 5.26 Å². The van der Waals surface area contributed by atoms with Gasteiger partial charge in [0.05, 0.1) is 22.6 Å². The van der Waals surface area contributed by atoms with Crippen LogP contribution in [0, 0.1) is 11.3 Å². The Labute approximate surface area is 301 Å². The van der Waals surface area contributed by atoms with Crippen LogP contribution in [-0.2, 0) is 5.41 Å². The second kappa shape index (κ2) is 11.7. The Kier molecular flexibility index (Phi) is 6.70. The molecule has 0 atom stereocenters. The van der Waals surface area contributed by atoms with Gasteiger partial charge in [-0.3, -0.25) is 0 Å². The van der Waals surface area contributed by atoms with Crippen molar-refractivity contribution in [2.75, 3.05) is 0 Å². The first kappa shape index (κ1) is 29.7. The molecule has 0 bridgehead atoms. The van der Waals surface area contributed by atoms with Crippen LogP contribution in [0.1, 0.15) is 27.8 Å². The molecule has 1 aliphatic heterocycles. The van der Waals surface area contributed by atoms with E-state index in [1.54, 1.807) is 0 Å². The van der Waals surface area contributed by atoms with E-state index >= 15 is 0 Å². The average molecular weight is 665 g/mol. The van der Waals surface area contributed by atoms with E-state index in [0.29, 0.717) is 28.8 Å². The quantitative estimate of drug-likeness (QED) is 0.187. The average Bonchev–Trinajstić information content (AvgIpc) is 3.51. The van der Waals surface area contributed by atoms with Crippen LogP contribution in [0.25, 0.3) is 56.4 Å². The highest BCUT2D eigenvalue weighted by Crippen LogP contribution is 2.64. The molecular formula is C47H28N4O. The molecule has 2 heterocycles. The van der Waals surface area contributed by atoms with Crippen LogP contribution < -0.4 is 4.74 Å². The van der Waals surface area contributed by atoms with Crippen molar-refractivity contribution >= 4 is 0 Å². The minimum Gasteiger partial charge on any atom is -0.455 e. The molecule has 0 saturated carbocycles. The fourth-order valence-corrected chi connectivity index (χ4v) is 8.04. The van der Waals surface area contributed by atoms with Gasteiger partial charge < -0.3 is 4.74 Å². The Bertz CT molecular complexity index is 2630. The van der Waals surface area contributed by atoms with Crippen LogP contribution in [0.3, 0.4) is 0 Å². The van der Waals surface area contributed by atoms with E-state index in [1.165, 1.54) is 22.3 Å². The Morgan fingerprint density at radius 2 is 0.846 bits per heavy atom. The van der Waals surface area contributed by atoms with Gasteiger partial charge in [0, 0.05) is 27.8 Å². The lowest BCUT2D eigenvalue weighted by molar-refractivity contribution is 0.439. The second-order valence-corrected chi connectivity index (χ2v) is 13.0. The predicted molar refractivity (Wildman–Crippen MR) is 204 cm³/mol. The lowest BCUT2D eigenvalue weighted by atomic mass is 9.65. The summed E-state index contributed by atoms with van der Waals surface area (Å²) in [5.41, 5.74) is 11.1. The van der Waals surface area contributed by atoms with Crippen LogP contribution in [-0.4, -0.2) is 15.0 Å². The third-order valence-electron chi connectivity index (χ3n) is 10.2. The molecule has 1 aliphatic carbocycles. The summed E-state index contributed by atoms with van der Waals surface area (Å²) in [6.45, 7) is 0. The van der Waals surface area contributed by atoms with E-state index in [1.807, 2.05) is 91.0 Å². The molecule has 5 nitrogen and oxygen atoms in total. The van der Waals surface area contributed by atoms with Crippen LogP contribution in [0.2, 0.25) is 0 Å². The standard InChI is InChI=1S/C47H28N4O/c48-29-30-14-11-19-33(28-30)34-22-12-26-40-42(34)52-43-37(46-50-44(31-15-3-1-4-16-31)49-45(51-46)32-17-5-2-6-18-32)23-13-27-41(43)47(40)38-24-9-7-20-35(38)36-21-8-10-25-39(36)47/h1-28H. The first-order chi connectivity index (χ1) is 25.7. The fraction of sp³-hybridized carbons (Fsp3) is 0.0213. The normalized spacial score (nSPS) is 12.9. The third kappa shape index (κ3) is 4.38. The molecule has 10 rings (SSSR count). The van der Waals surface area contributed by atoms with E-state index in [-0.39, 0.29) is 0 Å². The van der Waals surface area contributed by atoms with Gasteiger partial charge in [0.25, 0.3) is 0 Å². The maximum atomic E-state index is 9.84. The van der Waals surface area contributed by atoms with Crippen molar-refractivity contribution in [3.05, 3.63) is 198 Å². The number of hydrogen-bond acceptors (Lipinski definition) is 5. The summed E-state index contributed by atoms with van der Waals surface area (Å²) in [6, 6.07) is 60.1. The van der Waals surface area contributed by atoms with Crippen molar-refractivity contribution in [3.8, 4) is 74.0 Å². The molecule has 8 aromatic rings. The van der Waals surface area contributed by atoms with Crippen LogP contribution >= 0.6 is 0 Å². The molecule has 7 aromatic carbocycles. The van der Waals surface area contributed by atoms with E-state index in [4.69, 9.17) is 19.7 Å². The van der Waals surface area contributed by atoms with Crippen molar-refractivity contribution in [2.24, 2.45) is 0 Å². The molecule has 52 heavy (non-hydrogen) atoms. The number of fused-ring (bicyclic) bond motifs is 9. The molecule has 2 aliphatic rings. The molecule has 0 N–H and O–H groups in total. The van der Waals surface area contributed by atoms with Gasteiger partial charge in [-0.25, -0.2) is 15.0 Å². The van der Waals surface area contributed by atoms with E-state index in [2.05, 4.69) is 84.9 Å². The van der Waals surface area contributed by atoms with Gasteiger partial charge in [0.1, 0.15) is 11.5 Å². The maximum Gasteiger partial charge on any atom is 0.167 e. The van der Waals surface area contributed by atoms with Gasteiger partial charge in [0.2, 0.25) is 0 Å². The van der Waals surface area contributed by atoms with Gasteiger partial charge >= 0.3 is 0 Å². The number of nitrogens with zero attached hydrogens (tertiary/aromatic N) is 4. The van der Waals surface area contributed by atoms with E-state index in [0.717, 1.165) is 44.7 Å². The molecule has 1 spiro atoms. The molecule has 0 amide bonds. The Hall–Kier alpha value is -7.16. The smallest absolute Gasteiger partial charge is 0.167 e. The molecule has 0 fully saturated rings. The van der Waals surface area contributed by atoms with Crippen LogP contribution in [0.15, 0.2) is 170 Å². The van der Waals surface area contributed by atoms with Crippen molar-refractivity contribution in [1.29, 1.82) is 5.26 Å². The van der Waals surface area contributed by atoms with Gasteiger partial charge in [-0.15, -0.1) is 0 Å². The lowest BCUT2D eigenvalue weighted by Gasteiger charge is -2.40. The number of ether oxygens (including phenoxy) is 1. The summed E-state index contributed by atoms with van der Waals surface area (Å²) in [5, 5.41) is 9.84. The molecule has 1 aromatic heterocycles. The van der Waals surface area contributed by atoms with Gasteiger partial charge in [0.15, 0.2) is 17.5 Å². The minimum atomic E-state index is -0.702. The predicted octanol–water partition coefficient (Wildman–Crippen LogP) is 10.9. The number of aromatic nitrogens is 3. The van der Waals surface area contributed by atoms with Crippen molar-refractivity contribution in [3.63, 3.8) is 0 Å². The highest BCUT2D eigenvalue weighted by Gasteiger charge is 2.52. The van der Waals surface area contributed by atoms with E-state index in [9.17, 15) is 5.26 Å². The van der Waals surface area contributed by atoms with Gasteiger partial charge in [-0.05, 0) is 46.0 Å². The summed E-state index contributed by atoms with van der Waals surface area (Å²) >= 11 is 0. The zero-order valence-electron chi connectivity index (χ0n) is 27.9. The SMILES string of the molecule is N#Cc1cccc(-c2cccc3c2Oc2c(-c4nc(-c5ccccc5)nc(-c5ccccc5)n4)cccc2C32c3ccccc3-c3ccccc32)c1. The van der Waals surface area contributed by atoms with Crippen LogP contribution in [0.5, 0.6) is 11.5 Å². The maximum absolute atomic E-state index is 9.84. The Morgan fingerprint density at radius 3 is 1.44 bits per heavy atom. The minimum absolute atomic E-state index is 0.520. The fourth-order valence-electron chi connectivity index (χ4n) is 8.04. The number of hydrogen-bond donors (Lipinski definition) is 0. The summed E-state index contributed by atoms with van der Waals surface area (Å²) in [5.74, 6) is 3.11. The molecule has 242 valence electrons. The molecule has 0 saturated heterocycles. The lowest BCUT2D eigenvalue weighted by Crippen LogP contribution is -2.32. The monoisotopic (exact) mass is 664 g/mol. The van der Waals surface area contributed by atoms with E-state index < -0.39 is 5.41 Å². The summed E-state index contributed by atoms with van der Waals surface area (Å²) in [7, 11) is 0. The first-order valence-electron chi connectivity index (χ1n) is 17.3. The topological polar surface area (TPSA) is 71.7 Å². The summed E-state index contributed by atoms with van der Waals surface area (Å²) in [6.07, 6.45) is 0. The van der Waals surface area contributed by atoms with Crippen molar-refractivity contribution in [1.82, 2.24) is 15.0 Å². The van der Waals surface area contributed by atoms with Crippen LogP contribution in [0.4, 0.5) is 0 Å². The number of para-hydroxylation sites is 2. The highest BCUT2D eigenvalue weighted by atomic mass is 16.5. The highest BCUT2D eigenvalue weighted by molar-refractivity contribution is 5.92. The molecular weight excluding hydrogens is 637 g/mol. The summed E-state index contributed by atoms with van der Waals surface area (Å²) in [4.78, 5) is 15.2. The number of rotatable bonds is 4. The third-order valence-corrected chi connectivity index (χ3v) is 10.2. The first-order valence-corrected chi connectivity index (χ1v) is 17.3. The van der Waals surface area contributed by atoms with Crippen molar-refractivity contribution in [2.45, 2.75) is 5.41 Å². The Morgan fingerprint density at radius 1 is 0.404 bits per heavy atom. The molecule has 0 radical (unpaired) electrons. The van der Waals surface area contributed by atoms with Crippen molar-refractivity contribution < 1.29 is 4.74 Å². The van der Waals surface area contributed by atoms with Gasteiger partial charge in [-0.1, -0.05) is 152 Å². The number of benzene rings is 7. The molecule has 0 unspecified atom stereocenters. The Balaban J connectivity index is 1.30. The number of nitriles is 1. The zero-order chi connectivity index (χ0) is 34.6. The summed E-state index contributed by atoms with van der Waals surface area (Å²) < 4.78 is 7.25. The second-order valence-electron chi connectivity index (χ2n) is 13.0. The zero-order valence-corrected chi connectivity index (χ0v) is 27.9. The molecule has 5 heteroatoms. The largest absolute Gasteiger partial charge is 0.455 e.